The maximum atomic E-state index is 12.9. The second-order valence-electron chi connectivity index (χ2n) is 6.93. The SMILES string of the molecule is CCc1nc2c(c(-c3ccc(Cl)cc3)n1)CCN(C(=O)c1ccccc1)CC2. The smallest absolute Gasteiger partial charge is 0.253 e. The quantitative estimate of drug-likeness (QED) is 0.655. The van der Waals surface area contributed by atoms with Gasteiger partial charge in [0.25, 0.3) is 5.91 Å². The summed E-state index contributed by atoms with van der Waals surface area (Å²) >= 11 is 6.06. The lowest BCUT2D eigenvalue weighted by atomic mass is 10.0. The van der Waals surface area contributed by atoms with Crippen LogP contribution in [0.3, 0.4) is 0 Å². The number of benzene rings is 2. The van der Waals surface area contributed by atoms with Crippen molar-refractivity contribution < 1.29 is 4.79 Å². The van der Waals surface area contributed by atoms with Gasteiger partial charge in [0.15, 0.2) is 0 Å². The fourth-order valence-electron chi connectivity index (χ4n) is 3.62. The first-order chi connectivity index (χ1) is 13.7. The number of hydrogen-bond donors (Lipinski definition) is 0. The van der Waals surface area contributed by atoms with E-state index in [4.69, 9.17) is 21.6 Å². The van der Waals surface area contributed by atoms with Crippen LogP contribution < -0.4 is 0 Å². The standard InChI is InChI=1S/C23H22ClN3O/c1-2-21-25-20-13-15-27(23(28)17-6-4-3-5-7-17)14-12-19(20)22(26-21)16-8-10-18(24)11-9-16/h3-11H,2,12-15H2,1H3. The molecule has 0 unspecified atom stereocenters. The highest BCUT2D eigenvalue weighted by Crippen LogP contribution is 2.28. The number of rotatable bonds is 3. The molecule has 0 saturated carbocycles. The van der Waals surface area contributed by atoms with E-state index in [1.807, 2.05) is 59.5 Å². The molecule has 1 amide bonds. The lowest BCUT2D eigenvalue weighted by Gasteiger charge is -2.20. The van der Waals surface area contributed by atoms with Gasteiger partial charge in [0.1, 0.15) is 5.82 Å². The Morgan fingerprint density at radius 2 is 1.71 bits per heavy atom. The third kappa shape index (κ3) is 3.78. The predicted octanol–water partition coefficient (Wildman–Crippen LogP) is 4.60. The first-order valence-electron chi connectivity index (χ1n) is 9.64. The molecule has 0 saturated heterocycles. The first-order valence-corrected chi connectivity index (χ1v) is 10.0. The minimum absolute atomic E-state index is 0.0742. The van der Waals surface area contributed by atoms with Crippen LogP contribution in [0.4, 0.5) is 0 Å². The summed E-state index contributed by atoms with van der Waals surface area (Å²) in [6.07, 6.45) is 2.26. The number of amides is 1. The summed E-state index contributed by atoms with van der Waals surface area (Å²) in [6, 6.07) is 17.2. The highest BCUT2D eigenvalue weighted by molar-refractivity contribution is 6.30. The molecule has 0 radical (unpaired) electrons. The summed E-state index contributed by atoms with van der Waals surface area (Å²) in [7, 11) is 0. The van der Waals surface area contributed by atoms with Gasteiger partial charge in [-0.3, -0.25) is 4.79 Å². The maximum Gasteiger partial charge on any atom is 0.253 e. The van der Waals surface area contributed by atoms with Crippen LogP contribution in [0.25, 0.3) is 11.3 Å². The first kappa shape index (κ1) is 18.6. The van der Waals surface area contributed by atoms with E-state index >= 15 is 0 Å². The van der Waals surface area contributed by atoms with E-state index in [9.17, 15) is 4.79 Å². The van der Waals surface area contributed by atoms with E-state index < -0.39 is 0 Å². The molecule has 0 N–H and O–H groups in total. The monoisotopic (exact) mass is 391 g/mol. The number of aromatic nitrogens is 2. The van der Waals surface area contributed by atoms with Crippen molar-refractivity contribution in [1.29, 1.82) is 0 Å². The second kappa shape index (κ2) is 8.11. The molecule has 3 aromatic rings. The normalized spacial score (nSPS) is 13.7. The van der Waals surface area contributed by atoms with Gasteiger partial charge in [0.2, 0.25) is 0 Å². The molecule has 1 aromatic heterocycles. The Bertz CT molecular complexity index is 987. The van der Waals surface area contributed by atoms with Gasteiger partial charge >= 0.3 is 0 Å². The Morgan fingerprint density at radius 3 is 2.43 bits per heavy atom. The molecule has 4 rings (SSSR count). The van der Waals surface area contributed by atoms with Gasteiger partial charge < -0.3 is 4.90 Å². The molecule has 142 valence electrons. The van der Waals surface area contributed by atoms with E-state index in [1.165, 1.54) is 0 Å². The molecule has 5 heteroatoms. The summed E-state index contributed by atoms with van der Waals surface area (Å²) in [4.78, 5) is 24.4. The van der Waals surface area contributed by atoms with Crippen molar-refractivity contribution in [2.24, 2.45) is 0 Å². The number of hydrogen-bond acceptors (Lipinski definition) is 3. The molecule has 2 heterocycles. The lowest BCUT2D eigenvalue weighted by molar-refractivity contribution is 0.0763. The Labute approximate surface area is 170 Å². The molecular weight excluding hydrogens is 370 g/mol. The van der Waals surface area contributed by atoms with Gasteiger partial charge in [-0.15, -0.1) is 0 Å². The molecular formula is C23H22ClN3O. The average Bonchev–Trinajstić information content (AvgIpc) is 2.96. The van der Waals surface area contributed by atoms with Crippen molar-refractivity contribution in [3.05, 3.63) is 82.3 Å². The molecule has 0 fully saturated rings. The summed E-state index contributed by atoms with van der Waals surface area (Å²) in [6.45, 7) is 3.40. The van der Waals surface area contributed by atoms with Crippen LogP contribution in [0.2, 0.25) is 5.02 Å². The topological polar surface area (TPSA) is 46.1 Å². The Balaban J connectivity index is 1.67. The zero-order chi connectivity index (χ0) is 19.5. The zero-order valence-corrected chi connectivity index (χ0v) is 16.6. The Morgan fingerprint density at radius 1 is 1.00 bits per heavy atom. The molecule has 0 atom stereocenters. The summed E-state index contributed by atoms with van der Waals surface area (Å²) in [5, 5.41) is 0.708. The molecule has 0 aliphatic carbocycles. The van der Waals surface area contributed by atoms with Crippen LogP contribution in [0.1, 0.15) is 34.4 Å². The van der Waals surface area contributed by atoms with Crippen molar-refractivity contribution in [2.45, 2.75) is 26.2 Å². The van der Waals surface area contributed by atoms with E-state index in [1.54, 1.807) is 0 Å². The highest BCUT2D eigenvalue weighted by Gasteiger charge is 2.23. The second-order valence-corrected chi connectivity index (χ2v) is 7.37. The van der Waals surface area contributed by atoms with Crippen LogP contribution in [0.15, 0.2) is 54.6 Å². The van der Waals surface area contributed by atoms with Gasteiger partial charge in [-0.1, -0.05) is 48.9 Å². The predicted molar refractivity (Wildman–Crippen MR) is 112 cm³/mol. The molecule has 0 spiro atoms. The van der Waals surface area contributed by atoms with Crippen molar-refractivity contribution in [2.75, 3.05) is 13.1 Å². The van der Waals surface area contributed by atoms with E-state index in [0.717, 1.165) is 53.2 Å². The zero-order valence-electron chi connectivity index (χ0n) is 15.9. The molecule has 1 aliphatic rings. The van der Waals surface area contributed by atoms with Crippen LogP contribution >= 0.6 is 11.6 Å². The summed E-state index contributed by atoms with van der Waals surface area (Å²) in [5.74, 6) is 0.914. The van der Waals surface area contributed by atoms with E-state index in [2.05, 4.69) is 6.92 Å². The largest absolute Gasteiger partial charge is 0.338 e. The van der Waals surface area contributed by atoms with Gasteiger partial charge in [-0.05, 0) is 30.7 Å². The van der Waals surface area contributed by atoms with Crippen LogP contribution in [0, 0.1) is 0 Å². The molecule has 0 bridgehead atoms. The number of aryl methyl sites for hydroxylation is 1. The minimum Gasteiger partial charge on any atom is -0.338 e. The van der Waals surface area contributed by atoms with Crippen LogP contribution in [0.5, 0.6) is 0 Å². The third-order valence-corrected chi connectivity index (χ3v) is 5.38. The number of fused-ring (bicyclic) bond motifs is 1. The van der Waals surface area contributed by atoms with Crippen molar-refractivity contribution in [1.82, 2.24) is 14.9 Å². The molecule has 2 aromatic carbocycles. The van der Waals surface area contributed by atoms with Crippen LogP contribution in [-0.4, -0.2) is 33.9 Å². The van der Waals surface area contributed by atoms with Crippen molar-refractivity contribution >= 4 is 17.5 Å². The molecule has 28 heavy (non-hydrogen) atoms. The number of nitrogens with zero attached hydrogens (tertiary/aromatic N) is 3. The fraction of sp³-hybridized carbons (Fsp3) is 0.261. The Hall–Kier alpha value is -2.72. The van der Waals surface area contributed by atoms with E-state index in [0.29, 0.717) is 18.1 Å². The molecule has 4 nitrogen and oxygen atoms in total. The number of carbonyl (C=O) groups is 1. The number of carbonyl (C=O) groups excluding carboxylic acids is 1. The average molecular weight is 392 g/mol. The fourth-order valence-corrected chi connectivity index (χ4v) is 3.75. The van der Waals surface area contributed by atoms with Gasteiger partial charge in [0, 0.05) is 53.3 Å². The molecule has 1 aliphatic heterocycles. The minimum atomic E-state index is 0.0742. The number of halogens is 1. The Kier molecular flexibility index (Phi) is 5.40. The van der Waals surface area contributed by atoms with Crippen molar-refractivity contribution in [3.8, 4) is 11.3 Å². The van der Waals surface area contributed by atoms with Crippen LogP contribution in [-0.2, 0) is 19.3 Å². The summed E-state index contributed by atoms with van der Waals surface area (Å²) in [5.41, 5.74) is 4.93. The van der Waals surface area contributed by atoms with Gasteiger partial charge in [0.05, 0.1) is 5.69 Å². The van der Waals surface area contributed by atoms with E-state index in [-0.39, 0.29) is 5.91 Å². The summed E-state index contributed by atoms with van der Waals surface area (Å²) < 4.78 is 0. The van der Waals surface area contributed by atoms with Gasteiger partial charge in [-0.2, -0.15) is 0 Å². The third-order valence-electron chi connectivity index (χ3n) is 5.13. The van der Waals surface area contributed by atoms with Gasteiger partial charge in [-0.25, -0.2) is 9.97 Å². The highest BCUT2D eigenvalue weighted by atomic mass is 35.5. The van der Waals surface area contributed by atoms with Crippen molar-refractivity contribution in [3.63, 3.8) is 0 Å². The maximum absolute atomic E-state index is 12.9. The lowest BCUT2D eigenvalue weighted by Crippen LogP contribution is -2.33.